The van der Waals surface area contributed by atoms with Gasteiger partial charge in [0.15, 0.2) is 0 Å². The van der Waals surface area contributed by atoms with Crippen molar-refractivity contribution in [2.45, 2.75) is 64.6 Å². The van der Waals surface area contributed by atoms with Gasteiger partial charge in [0, 0.05) is 6.54 Å². The van der Waals surface area contributed by atoms with Gasteiger partial charge in [-0.25, -0.2) is 0 Å². The SMILES string of the molecule is CCNCC1CCC(C)(c2ccc(C(C)(C)C)cc2)O1. The van der Waals surface area contributed by atoms with Gasteiger partial charge < -0.3 is 10.1 Å². The number of hydrogen-bond acceptors (Lipinski definition) is 2. The van der Waals surface area contributed by atoms with Crippen LogP contribution >= 0.6 is 0 Å². The molecule has 1 fully saturated rings. The molecule has 0 aliphatic carbocycles. The second kappa shape index (κ2) is 5.87. The van der Waals surface area contributed by atoms with Gasteiger partial charge in [0.2, 0.25) is 0 Å². The minimum absolute atomic E-state index is 0.115. The van der Waals surface area contributed by atoms with Gasteiger partial charge in [-0.15, -0.1) is 0 Å². The van der Waals surface area contributed by atoms with Gasteiger partial charge >= 0.3 is 0 Å². The molecule has 1 saturated heterocycles. The van der Waals surface area contributed by atoms with Gasteiger partial charge in [-0.2, -0.15) is 0 Å². The van der Waals surface area contributed by atoms with E-state index in [9.17, 15) is 0 Å². The Balaban J connectivity index is 2.08. The zero-order chi connectivity index (χ0) is 14.8. The first-order chi connectivity index (χ1) is 9.35. The van der Waals surface area contributed by atoms with Crippen LogP contribution in [0.2, 0.25) is 0 Å². The van der Waals surface area contributed by atoms with Gasteiger partial charge in [0.1, 0.15) is 0 Å². The molecule has 2 nitrogen and oxygen atoms in total. The minimum Gasteiger partial charge on any atom is -0.366 e. The Hall–Kier alpha value is -0.860. The third kappa shape index (κ3) is 3.42. The molecule has 0 amide bonds. The number of nitrogens with one attached hydrogen (secondary N) is 1. The van der Waals surface area contributed by atoms with E-state index >= 15 is 0 Å². The molecule has 0 bridgehead atoms. The quantitative estimate of drug-likeness (QED) is 0.897. The first-order valence-corrected chi connectivity index (χ1v) is 7.85. The second-order valence-electron chi connectivity index (χ2n) is 7.14. The van der Waals surface area contributed by atoms with Crippen LogP contribution < -0.4 is 5.32 Å². The zero-order valence-corrected chi connectivity index (χ0v) is 13.6. The molecule has 1 heterocycles. The van der Waals surface area contributed by atoms with E-state index in [1.165, 1.54) is 11.1 Å². The summed E-state index contributed by atoms with van der Waals surface area (Å²) in [7, 11) is 0. The zero-order valence-electron chi connectivity index (χ0n) is 13.6. The molecule has 2 rings (SSSR count). The summed E-state index contributed by atoms with van der Waals surface area (Å²) in [5.74, 6) is 0. The van der Waals surface area contributed by atoms with Crippen LogP contribution in [0.5, 0.6) is 0 Å². The summed E-state index contributed by atoms with van der Waals surface area (Å²) in [4.78, 5) is 0. The smallest absolute Gasteiger partial charge is 0.0908 e. The normalized spacial score (nSPS) is 26.9. The van der Waals surface area contributed by atoms with Gasteiger partial charge in [0.25, 0.3) is 0 Å². The van der Waals surface area contributed by atoms with Crippen molar-refractivity contribution in [2.75, 3.05) is 13.1 Å². The minimum atomic E-state index is -0.115. The van der Waals surface area contributed by atoms with Crippen molar-refractivity contribution in [2.24, 2.45) is 0 Å². The third-order valence-corrected chi connectivity index (χ3v) is 4.35. The first kappa shape index (κ1) is 15.5. The van der Waals surface area contributed by atoms with E-state index in [1.807, 2.05) is 0 Å². The number of benzene rings is 1. The van der Waals surface area contributed by atoms with Crippen LogP contribution in [-0.2, 0) is 15.8 Å². The van der Waals surface area contributed by atoms with E-state index in [2.05, 4.69) is 64.2 Å². The highest BCUT2D eigenvalue weighted by molar-refractivity contribution is 5.31. The number of ether oxygens (including phenoxy) is 1. The van der Waals surface area contributed by atoms with E-state index in [0.717, 1.165) is 25.9 Å². The van der Waals surface area contributed by atoms with Crippen LogP contribution in [0.3, 0.4) is 0 Å². The molecular weight excluding hydrogens is 246 g/mol. The Morgan fingerprint density at radius 2 is 1.90 bits per heavy atom. The molecule has 1 aliphatic rings. The monoisotopic (exact) mass is 275 g/mol. The lowest BCUT2D eigenvalue weighted by atomic mass is 9.84. The van der Waals surface area contributed by atoms with Gasteiger partial charge in [-0.05, 0) is 42.9 Å². The molecule has 1 aromatic rings. The topological polar surface area (TPSA) is 21.3 Å². The first-order valence-electron chi connectivity index (χ1n) is 7.85. The highest BCUT2D eigenvalue weighted by Gasteiger charge is 2.37. The number of likely N-dealkylation sites (N-methyl/N-ethyl adjacent to an activating group) is 1. The predicted molar refractivity (Wildman–Crippen MR) is 85.1 cm³/mol. The van der Waals surface area contributed by atoms with Crippen LogP contribution in [0.1, 0.15) is 58.6 Å². The molecule has 0 spiro atoms. The van der Waals surface area contributed by atoms with Gasteiger partial charge in [0.05, 0.1) is 11.7 Å². The van der Waals surface area contributed by atoms with Crippen molar-refractivity contribution in [3.05, 3.63) is 35.4 Å². The molecule has 2 atom stereocenters. The summed E-state index contributed by atoms with van der Waals surface area (Å²) in [6, 6.07) is 9.00. The standard InChI is InChI=1S/C18H29NO/c1-6-19-13-16-11-12-18(5,20-16)15-9-7-14(8-10-15)17(2,3)4/h7-10,16,19H,6,11-13H2,1-5H3. The molecule has 2 heteroatoms. The highest BCUT2D eigenvalue weighted by Crippen LogP contribution is 2.39. The van der Waals surface area contributed by atoms with Crippen LogP contribution in [0, 0.1) is 0 Å². The lowest BCUT2D eigenvalue weighted by Gasteiger charge is -2.27. The molecule has 1 N–H and O–H groups in total. The van der Waals surface area contributed by atoms with Crippen molar-refractivity contribution in [1.29, 1.82) is 0 Å². The number of hydrogen-bond donors (Lipinski definition) is 1. The summed E-state index contributed by atoms with van der Waals surface area (Å²) < 4.78 is 6.30. The average Bonchev–Trinajstić information content (AvgIpc) is 2.79. The molecule has 0 radical (unpaired) electrons. The summed E-state index contributed by atoms with van der Waals surface area (Å²) in [6.45, 7) is 13.1. The van der Waals surface area contributed by atoms with Gasteiger partial charge in [-0.3, -0.25) is 0 Å². The lowest BCUT2D eigenvalue weighted by Crippen LogP contribution is -2.29. The van der Waals surface area contributed by atoms with Crippen molar-refractivity contribution in [3.8, 4) is 0 Å². The Morgan fingerprint density at radius 3 is 2.45 bits per heavy atom. The fourth-order valence-corrected chi connectivity index (χ4v) is 2.91. The Bertz CT molecular complexity index is 432. The summed E-state index contributed by atoms with van der Waals surface area (Å²) in [6.07, 6.45) is 2.60. The van der Waals surface area contributed by atoms with E-state index in [0.29, 0.717) is 6.10 Å². The summed E-state index contributed by atoms with van der Waals surface area (Å²) in [5, 5.41) is 3.38. The van der Waals surface area contributed by atoms with Crippen LogP contribution in [0.25, 0.3) is 0 Å². The molecule has 20 heavy (non-hydrogen) atoms. The van der Waals surface area contributed by atoms with Crippen molar-refractivity contribution >= 4 is 0 Å². The van der Waals surface area contributed by atoms with E-state index in [4.69, 9.17) is 4.74 Å². The van der Waals surface area contributed by atoms with Crippen LogP contribution in [0.4, 0.5) is 0 Å². The van der Waals surface area contributed by atoms with Crippen molar-refractivity contribution < 1.29 is 4.74 Å². The fraction of sp³-hybridized carbons (Fsp3) is 0.667. The Labute approximate surface area is 123 Å². The van der Waals surface area contributed by atoms with E-state index in [-0.39, 0.29) is 11.0 Å². The van der Waals surface area contributed by atoms with Gasteiger partial charge in [-0.1, -0.05) is 52.0 Å². The Morgan fingerprint density at radius 1 is 1.25 bits per heavy atom. The van der Waals surface area contributed by atoms with E-state index in [1.54, 1.807) is 0 Å². The average molecular weight is 275 g/mol. The largest absolute Gasteiger partial charge is 0.366 e. The molecular formula is C18H29NO. The van der Waals surface area contributed by atoms with Crippen molar-refractivity contribution in [3.63, 3.8) is 0 Å². The summed E-state index contributed by atoms with van der Waals surface area (Å²) in [5.41, 5.74) is 2.79. The lowest BCUT2D eigenvalue weighted by molar-refractivity contribution is -0.0311. The molecule has 2 unspecified atom stereocenters. The van der Waals surface area contributed by atoms with E-state index < -0.39 is 0 Å². The second-order valence-corrected chi connectivity index (χ2v) is 7.14. The van der Waals surface area contributed by atoms with Crippen molar-refractivity contribution in [1.82, 2.24) is 5.32 Å². The maximum Gasteiger partial charge on any atom is 0.0908 e. The Kier molecular flexibility index (Phi) is 4.55. The van der Waals surface area contributed by atoms with Crippen LogP contribution in [0.15, 0.2) is 24.3 Å². The third-order valence-electron chi connectivity index (χ3n) is 4.35. The maximum atomic E-state index is 6.30. The molecule has 0 aromatic heterocycles. The molecule has 1 aliphatic heterocycles. The molecule has 1 aromatic carbocycles. The predicted octanol–water partition coefficient (Wildman–Crippen LogP) is 3.99. The maximum absolute atomic E-state index is 6.30. The molecule has 0 saturated carbocycles. The number of rotatable bonds is 4. The van der Waals surface area contributed by atoms with Crippen LogP contribution in [-0.4, -0.2) is 19.2 Å². The highest BCUT2D eigenvalue weighted by atomic mass is 16.5. The molecule has 112 valence electrons. The summed E-state index contributed by atoms with van der Waals surface area (Å²) >= 11 is 0. The fourth-order valence-electron chi connectivity index (χ4n) is 2.91.